The Labute approximate surface area is 131 Å². The van der Waals surface area contributed by atoms with E-state index in [2.05, 4.69) is 78.0 Å². The van der Waals surface area contributed by atoms with Crippen molar-refractivity contribution in [3.63, 3.8) is 0 Å². The first-order chi connectivity index (χ1) is 9.73. The summed E-state index contributed by atoms with van der Waals surface area (Å²) in [4.78, 5) is 0. The molecule has 0 heterocycles. The Kier molecular flexibility index (Phi) is 4.54. The van der Waals surface area contributed by atoms with Gasteiger partial charge in [0.25, 0.3) is 0 Å². The number of hydrogen-bond acceptors (Lipinski definition) is 1. The molecule has 0 amide bonds. The molecule has 0 radical (unpaired) electrons. The Morgan fingerprint density at radius 3 is 1.81 bits per heavy atom. The van der Waals surface area contributed by atoms with Crippen molar-refractivity contribution < 1.29 is 0 Å². The van der Waals surface area contributed by atoms with Crippen molar-refractivity contribution in [2.24, 2.45) is 16.7 Å². The van der Waals surface area contributed by atoms with Gasteiger partial charge in [0.2, 0.25) is 0 Å². The van der Waals surface area contributed by atoms with Gasteiger partial charge in [-0.15, -0.1) is 0 Å². The van der Waals surface area contributed by atoms with Crippen LogP contribution in [0.5, 0.6) is 0 Å². The van der Waals surface area contributed by atoms with Gasteiger partial charge in [0, 0.05) is 6.04 Å². The van der Waals surface area contributed by atoms with E-state index in [-0.39, 0.29) is 0 Å². The minimum atomic E-state index is 0.412. The summed E-state index contributed by atoms with van der Waals surface area (Å²) >= 11 is 0. The minimum Gasteiger partial charge on any atom is -0.310 e. The Hall–Kier alpha value is -0.820. The second-order valence-electron chi connectivity index (χ2n) is 8.17. The topological polar surface area (TPSA) is 12.0 Å². The summed E-state index contributed by atoms with van der Waals surface area (Å²) in [7, 11) is 0. The minimum absolute atomic E-state index is 0.412. The quantitative estimate of drug-likeness (QED) is 0.725. The average Bonchev–Trinajstić information content (AvgIpc) is 2.82. The van der Waals surface area contributed by atoms with Crippen molar-refractivity contribution >= 4 is 0 Å². The van der Waals surface area contributed by atoms with Gasteiger partial charge in [0.15, 0.2) is 0 Å². The molecule has 1 heteroatoms. The van der Waals surface area contributed by atoms with E-state index < -0.39 is 0 Å². The van der Waals surface area contributed by atoms with Gasteiger partial charge in [-0.2, -0.15) is 0 Å². The van der Waals surface area contributed by atoms with Crippen LogP contribution in [0.15, 0.2) is 24.3 Å². The normalized spacial score (nSPS) is 21.5. The molecule has 1 aromatic rings. The monoisotopic (exact) mass is 287 g/mol. The number of hydrogen-bond donors (Lipinski definition) is 1. The maximum absolute atomic E-state index is 3.81. The Balaban J connectivity index is 2.25. The van der Waals surface area contributed by atoms with Crippen LogP contribution in [-0.2, 0) is 0 Å². The molecule has 1 nitrogen and oxygen atoms in total. The van der Waals surface area contributed by atoms with Crippen molar-refractivity contribution in [3.05, 3.63) is 35.4 Å². The molecule has 0 bridgehead atoms. The highest BCUT2D eigenvalue weighted by atomic mass is 15.0. The molecule has 1 aromatic carbocycles. The van der Waals surface area contributed by atoms with Crippen molar-refractivity contribution in [1.29, 1.82) is 0 Å². The van der Waals surface area contributed by atoms with Crippen LogP contribution in [0.2, 0.25) is 0 Å². The standard InChI is InChI=1S/C20H33N/c1-8-13-21-17(18-19(4,5)20(18,6)7)16-11-9-15(10-12-16)14(2)3/h9-12,14,17-18,21H,8,13H2,1-7H3. The maximum Gasteiger partial charge on any atom is 0.0359 e. The van der Waals surface area contributed by atoms with E-state index in [1.807, 2.05) is 0 Å². The van der Waals surface area contributed by atoms with Gasteiger partial charge in [-0.3, -0.25) is 0 Å². The Morgan fingerprint density at radius 1 is 0.952 bits per heavy atom. The van der Waals surface area contributed by atoms with Gasteiger partial charge in [-0.25, -0.2) is 0 Å². The molecule has 1 saturated carbocycles. The molecule has 1 aliphatic carbocycles. The highest BCUT2D eigenvalue weighted by Gasteiger charge is 2.67. The van der Waals surface area contributed by atoms with Crippen molar-refractivity contribution in [1.82, 2.24) is 5.32 Å². The first kappa shape index (κ1) is 16.5. The van der Waals surface area contributed by atoms with E-state index in [9.17, 15) is 0 Å². The molecule has 21 heavy (non-hydrogen) atoms. The third-order valence-electron chi connectivity index (χ3n) is 6.04. The Bertz CT molecular complexity index is 453. The molecule has 118 valence electrons. The average molecular weight is 287 g/mol. The predicted molar refractivity (Wildman–Crippen MR) is 92.6 cm³/mol. The second-order valence-corrected chi connectivity index (χ2v) is 8.17. The van der Waals surface area contributed by atoms with Crippen LogP contribution in [0.1, 0.15) is 78.0 Å². The summed E-state index contributed by atoms with van der Waals surface area (Å²) in [5, 5.41) is 3.81. The fourth-order valence-corrected chi connectivity index (χ4v) is 3.90. The van der Waals surface area contributed by atoms with Crippen LogP contribution < -0.4 is 5.32 Å². The highest BCUT2D eigenvalue weighted by molar-refractivity contribution is 5.31. The van der Waals surface area contributed by atoms with Crippen LogP contribution >= 0.6 is 0 Å². The first-order valence-electron chi connectivity index (χ1n) is 8.56. The maximum atomic E-state index is 3.81. The molecule has 1 aliphatic rings. The Morgan fingerprint density at radius 2 is 1.43 bits per heavy atom. The zero-order chi connectivity index (χ0) is 15.8. The largest absolute Gasteiger partial charge is 0.310 e. The van der Waals surface area contributed by atoms with Crippen LogP contribution in [-0.4, -0.2) is 6.54 Å². The van der Waals surface area contributed by atoms with E-state index in [1.165, 1.54) is 17.5 Å². The molecular weight excluding hydrogens is 254 g/mol. The van der Waals surface area contributed by atoms with Crippen LogP contribution in [0.4, 0.5) is 0 Å². The summed E-state index contributed by atoms with van der Waals surface area (Å²) in [6, 6.07) is 9.78. The molecule has 1 atom stereocenters. The van der Waals surface area contributed by atoms with Gasteiger partial charge < -0.3 is 5.32 Å². The second kappa shape index (κ2) is 5.76. The fourth-order valence-electron chi connectivity index (χ4n) is 3.90. The van der Waals surface area contributed by atoms with Crippen LogP contribution in [0.25, 0.3) is 0 Å². The lowest BCUT2D eigenvalue weighted by Gasteiger charge is -2.22. The third-order valence-corrected chi connectivity index (χ3v) is 6.04. The molecule has 1 fully saturated rings. The van der Waals surface area contributed by atoms with Crippen molar-refractivity contribution in [3.8, 4) is 0 Å². The van der Waals surface area contributed by atoms with E-state index in [1.54, 1.807) is 0 Å². The van der Waals surface area contributed by atoms with E-state index in [0.29, 0.717) is 28.7 Å². The number of benzene rings is 1. The lowest BCUT2D eigenvalue weighted by molar-refractivity contribution is 0.410. The third kappa shape index (κ3) is 2.90. The van der Waals surface area contributed by atoms with E-state index >= 15 is 0 Å². The summed E-state index contributed by atoms with van der Waals surface area (Å²) in [6.07, 6.45) is 1.19. The van der Waals surface area contributed by atoms with Gasteiger partial charge in [0.05, 0.1) is 0 Å². The number of nitrogens with one attached hydrogen (secondary N) is 1. The molecule has 0 aromatic heterocycles. The zero-order valence-corrected chi connectivity index (χ0v) is 15.0. The van der Waals surface area contributed by atoms with Gasteiger partial charge in [-0.1, -0.05) is 72.7 Å². The van der Waals surface area contributed by atoms with Gasteiger partial charge in [-0.05, 0) is 46.8 Å². The molecule has 2 rings (SSSR count). The molecule has 0 aliphatic heterocycles. The summed E-state index contributed by atoms with van der Waals surface area (Å²) < 4.78 is 0. The van der Waals surface area contributed by atoms with Crippen LogP contribution in [0, 0.1) is 16.7 Å². The smallest absolute Gasteiger partial charge is 0.0359 e. The number of rotatable bonds is 6. The lowest BCUT2D eigenvalue weighted by Crippen LogP contribution is -2.26. The fraction of sp³-hybridized carbons (Fsp3) is 0.700. The molecule has 1 unspecified atom stereocenters. The lowest BCUT2D eigenvalue weighted by atomic mass is 9.93. The zero-order valence-electron chi connectivity index (χ0n) is 15.0. The highest BCUT2D eigenvalue weighted by Crippen LogP contribution is 2.72. The molecular formula is C20H33N. The van der Waals surface area contributed by atoms with Gasteiger partial charge in [0.1, 0.15) is 0 Å². The van der Waals surface area contributed by atoms with Crippen molar-refractivity contribution in [2.45, 2.75) is 66.8 Å². The molecule has 1 N–H and O–H groups in total. The summed E-state index contributed by atoms with van der Waals surface area (Å²) in [6.45, 7) is 17.5. The first-order valence-corrected chi connectivity index (χ1v) is 8.56. The summed E-state index contributed by atoms with van der Waals surface area (Å²) in [5.41, 5.74) is 3.71. The summed E-state index contributed by atoms with van der Waals surface area (Å²) in [5.74, 6) is 1.32. The van der Waals surface area contributed by atoms with E-state index in [0.717, 1.165) is 6.54 Å². The molecule has 0 spiro atoms. The molecule has 0 saturated heterocycles. The van der Waals surface area contributed by atoms with Crippen molar-refractivity contribution in [2.75, 3.05) is 6.54 Å². The van der Waals surface area contributed by atoms with Crippen LogP contribution in [0.3, 0.4) is 0 Å². The SMILES string of the molecule is CCCNC(c1ccc(C(C)C)cc1)C1C(C)(C)C1(C)C. The van der Waals surface area contributed by atoms with Gasteiger partial charge >= 0.3 is 0 Å². The predicted octanol–water partition coefficient (Wildman–Crippen LogP) is 5.53. The van der Waals surface area contributed by atoms with E-state index in [4.69, 9.17) is 0 Å².